The smallest absolute Gasteiger partial charge is 0.104 e. The van der Waals surface area contributed by atoms with Gasteiger partial charge in [-0.15, -0.1) is 0 Å². The summed E-state index contributed by atoms with van der Waals surface area (Å²) in [6.45, 7) is -0.102. The summed E-state index contributed by atoms with van der Waals surface area (Å²) in [5, 5.41) is 9.47. The minimum absolute atomic E-state index is 0.102. The van der Waals surface area contributed by atoms with Gasteiger partial charge in [0, 0.05) is 22.1 Å². The molecule has 0 aliphatic rings. The molecule has 0 unspecified atom stereocenters. The number of aliphatic hydroxyl groups excluding tert-OH is 1. The first-order valence-corrected chi connectivity index (χ1v) is 7.82. The minimum Gasteiger partial charge on any atom is -0.384 e. The van der Waals surface area contributed by atoms with Crippen LogP contribution in [-0.2, 0) is 11.5 Å². The second kappa shape index (κ2) is 8.01. The molecule has 0 saturated carbocycles. The van der Waals surface area contributed by atoms with Crippen LogP contribution in [0, 0.1) is 11.8 Å². The molecule has 0 amide bonds. The number of benzene rings is 2. The molecule has 0 spiro atoms. The van der Waals surface area contributed by atoms with Gasteiger partial charge >= 0.3 is 0 Å². The van der Waals surface area contributed by atoms with E-state index in [1.54, 1.807) is 0 Å². The van der Waals surface area contributed by atoms with Gasteiger partial charge in [-0.1, -0.05) is 53.8 Å². The normalized spacial score (nSPS) is 9.90. The number of hydrogen-bond donors (Lipinski definition) is 1. The van der Waals surface area contributed by atoms with E-state index < -0.39 is 0 Å². The number of halogens is 1. The molecule has 0 bridgehead atoms. The molecule has 2 aromatic carbocycles. The second-order valence-electron chi connectivity index (χ2n) is 4.24. The number of rotatable bonds is 4. The molecule has 20 heavy (non-hydrogen) atoms. The Hall–Kier alpha value is -1.40. The van der Waals surface area contributed by atoms with E-state index >= 15 is 0 Å². The van der Waals surface area contributed by atoms with Crippen molar-refractivity contribution in [3.63, 3.8) is 0 Å². The zero-order valence-electron chi connectivity index (χ0n) is 11.0. The van der Waals surface area contributed by atoms with Crippen LogP contribution in [0.3, 0.4) is 0 Å². The van der Waals surface area contributed by atoms with Crippen molar-refractivity contribution in [2.75, 3.05) is 6.61 Å². The van der Waals surface area contributed by atoms with Crippen molar-refractivity contribution in [1.29, 1.82) is 0 Å². The zero-order valence-corrected chi connectivity index (χ0v) is 12.5. The maximum Gasteiger partial charge on any atom is 0.104 e. The van der Waals surface area contributed by atoms with Crippen molar-refractivity contribution in [3.8, 4) is 11.8 Å². The Labute approximate surface area is 129 Å². The number of thioether (sulfide) groups is 1. The molecule has 2 aromatic rings. The van der Waals surface area contributed by atoms with Crippen LogP contribution in [0.4, 0.5) is 0 Å². The predicted molar refractivity (Wildman–Crippen MR) is 86.9 cm³/mol. The van der Waals surface area contributed by atoms with Gasteiger partial charge in [-0.05, 0) is 29.3 Å². The fourth-order valence-corrected chi connectivity index (χ4v) is 3.00. The highest BCUT2D eigenvalue weighted by Gasteiger charge is 2.00. The van der Waals surface area contributed by atoms with E-state index in [0.29, 0.717) is 0 Å². The van der Waals surface area contributed by atoms with Crippen molar-refractivity contribution in [3.05, 3.63) is 70.2 Å². The molecule has 2 rings (SSSR count). The molecule has 0 aliphatic carbocycles. The third-order valence-corrected chi connectivity index (χ3v) is 4.17. The van der Waals surface area contributed by atoms with Gasteiger partial charge in [0.15, 0.2) is 0 Å². The SMILES string of the molecule is OCC#Cc1ccc(CSCc2ccccc2Cl)cc1. The molecule has 0 aromatic heterocycles. The van der Waals surface area contributed by atoms with Gasteiger partial charge in [0.2, 0.25) is 0 Å². The molecule has 102 valence electrons. The molecule has 0 radical (unpaired) electrons. The average molecular weight is 303 g/mol. The largest absolute Gasteiger partial charge is 0.384 e. The molecule has 1 nitrogen and oxygen atoms in total. The second-order valence-corrected chi connectivity index (χ2v) is 5.63. The Balaban J connectivity index is 1.87. The maximum absolute atomic E-state index is 8.64. The highest BCUT2D eigenvalue weighted by Crippen LogP contribution is 2.23. The van der Waals surface area contributed by atoms with Crippen LogP contribution in [0.1, 0.15) is 16.7 Å². The van der Waals surface area contributed by atoms with Crippen molar-refractivity contribution in [2.45, 2.75) is 11.5 Å². The standard InChI is InChI=1S/C17H15ClOS/c18-17-6-2-1-5-16(17)13-20-12-15-9-7-14(8-10-15)4-3-11-19/h1-2,5-10,19H,11-13H2. The number of hydrogen-bond acceptors (Lipinski definition) is 2. The third kappa shape index (κ3) is 4.61. The van der Waals surface area contributed by atoms with Gasteiger partial charge in [-0.2, -0.15) is 11.8 Å². The van der Waals surface area contributed by atoms with Gasteiger partial charge < -0.3 is 5.11 Å². The van der Waals surface area contributed by atoms with Crippen LogP contribution in [-0.4, -0.2) is 11.7 Å². The monoisotopic (exact) mass is 302 g/mol. The summed E-state index contributed by atoms with van der Waals surface area (Å²) in [4.78, 5) is 0. The predicted octanol–water partition coefficient (Wildman–Crippen LogP) is 4.12. The van der Waals surface area contributed by atoms with E-state index in [9.17, 15) is 0 Å². The van der Waals surface area contributed by atoms with Gasteiger partial charge in [-0.25, -0.2) is 0 Å². The van der Waals surface area contributed by atoms with Crippen LogP contribution < -0.4 is 0 Å². The quantitative estimate of drug-likeness (QED) is 0.858. The van der Waals surface area contributed by atoms with E-state index in [2.05, 4.69) is 30.0 Å². The fraction of sp³-hybridized carbons (Fsp3) is 0.176. The summed E-state index contributed by atoms with van der Waals surface area (Å²) in [7, 11) is 0. The molecule has 0 saturated heterocycles. The molecule has 0 heterocycles. The van der Waals surface area contributed by atoms with E-state index in [-0.39, 0.29) is 6.61 Å². The van der Waals surface area contributed by atoms with Crippen LogP contribution in [0.25, 0.3) is 0 Å². The van der Waals surface area contributed by atoms with E-state index in [1.165, 1.54) is 11.1 Å². The first kappa shape index (κ1) is 15.0. The zero-order chi connectivity index (χ0) is 14.2. The highest BCUT2D eigenvalue weighted by atomic mass is 35.5. The Morgan fingerprint density at radius 1 is 1.00 bits per heavy atom. The van der Waals surface area contributed by atoms with Gasteiger partial charge in [0.25, 0.3) is 0 Å². The van der Waals surface area contributed by atoms with Crippen LogP contribution >= 0.6 is 23.4 Å². The molecule has 0 fully saturated rings. The molecule has 3 heteroatoms. The van der Waals surface area contributed by atoms with Gasteiger partial charge in [-0.3, -0.25) is 0 Å². The molecular formula is C17H15ClOS. The lowest BCUT2D eigenvalue weighted by Gasteiger charge is -2.04. The Morgan fingerprint density at radius 2 is 1.75 bits per heavy atom. The van der Waals surface area contributed by atoms with E-state index in [0.717, 1.165) is 22.1 Å². The summed E-state index contributed by atoms with van der Waals surface area (Å²) < 4.78 is 0. The Kier molecular flexibility index (Phi) is 6.01. The Morgan fingerprint density at radius 3 is 2.45 bits per heavy atom. The van der Waals surface area contributed by atoms with E-state index in [4.69, 9.17) is 16.7 Å². The summed E-state index contributed by atoms with van der Waals surface area (Å²) in [6.07, 6.45) is 0. The first-order chi connectivity index (χ1) is 9.79. The van der Waals surface area contributed by atoms with Crippen molar-refractivity contribution >= 4 is 23.4 Å². The summed E-state index contributed by atoms with van der Waals surface area (Å²) in [5.41, 5.74) is 3.36. The lowest BCUT2D eigenvalue weighted by atomic mass is 10.1. The maximum atomic E-state index is 8.64. The Bertz CT molecular complexity index is 611. The van der Waals surface area contributed by atoms with Gasteiger partial charge in [0.05, 0.1) is 0 Å². The fourth-order valence-electron chi connectivity index (χ4n) is 1.72. The van der Waals surface area contributed by atoms with E-state index in [1.807, 2.05) is 42.1 Å². The lowest BCUT2D eigenvalue weighted by molar-refractivity contribution is 0.350. The molecule has 0 atom stereocenters. The van der Waals surface area contributed by atoms with Crippen molar-refractivity contribution in [2.24, 2.45) is 0 Å². The molecular weight excluding hydrogens is 288 g/mol. The van der Waals surface area contributed by atoms with Crippen LogP contribution in [0.15, 0.2) is 48.5 Å². The summed E-state index contributed by atoms with van der Waals surface area (Å²) in [5.74, 6) is 7.38. The third-order valence-electron chi connectivity index (χ3n) is 2.75. The lowest BCUT2D eigenvalue weighted by Crippen LogP contribution is -1.85. The summed E-state index contributed by atoms with van der Waals surface area (Å²) >= 11 is 7.96. The molecule has 1 N–H and O–H groups in total. The average Bonchev–Trinajstić information content (AvgIpc) is 2.48. The van der Waals surface area contributed by atoms with Crippen molar-refractivity contribution < 1.29 is 5.11 Å². The summed E-state index contributed by atoms with van der Waals surface area (Å²) in [6, 6.07) is 16.0. The first-order valence-electron chi connectivity index (χ1n) is 6.29. The van der Waals surface area contributed by atoms with Crippen molar-refractivity contribution in [1.82, 2.24) is 0 Å². The minimum atomic E-state index is -0.102. The number of aliphatic hydroxyl groups is 1. The topological polar surface area (TPSA) is 20.2 Å². The van der Waals surface area contributed by atoms with Gasteiger partial charge in [0.1, 0.15) is 6.61 Å². The highest BCUT2D eigenvalue weighted by molar-refractivity contribution is 7.97. The molecule has 0 aliphatic heterocycles. The van der Waals surface area contributed by atoms with Crippen LogP contribution in [0.2, 0.25) is 5.02 Å². The van der Waals surface area contributed by atoms with Crippen LogP contribution in [0.5, 0.6) is 0 Å².